The fraction of sp³-hybridized carbons (Fsp3) is 0.250. The number of sulfonamides is 3. The molecule has 1 aromatic carbocycles. The Kier molecular flexibility index (Phi) is 4.89. The third-order valence-electron chi connectivity index (χ3n) is 1.97. The Morgan fingerprint density at radius 3 is 1.85 bits per heavy atom. The summed E-state index contributed by atoms with van der Waals surface area (Å²) in [7, 11) is -12.8. The molecule has 0 heterocycles. The summed E-state index contributed by atoms with van der Waals surface area (Å²) in [6, 6.07) is 6.83. The maximum absolute atomic E-state index is 11.9. The molecule has 12 heteroatoms. The summed E-state index contributed by atoms with van der Waals surface area (Å²) in [5.74, 6) is 0. The predicted octanol–water partition coefficient (Wildman–Crippen LogP) is -1.91. The van der Waals surface area contributed by atoms with Crippen LogP contribution in [0.2, 0.25) is 0 Å². The van der Waals surface area contributed by atoms with E-state index >= 15 is 0 Å². The standard InChI is InChI=1S/C8H13N3O6S3/c1-18(12,13)10-8(19(9,14)15)11-20(16,17)7-5-3-2-4-6-7/h2-6,8,10-11H,1H3,(H2,9,14,15). The van der Waals surface area contributed by atoms with Gasteiger partial charge in [-0.05, 0) is 12.1 Å². The molecule has 0 amide bonds. The van der Waals surface area contributed by atoms with Crippen molar-refractivity contribution in [2.45, 2.75) is 10.4 Å². The highest BCUT2D eigenvalue weighted by atomic mass is 32.2. The van der Waals surface area contributed by atoms with Crippen LogP contribution in [-0.2, 0) is 30.1 Å². The van der Waals surface area contributed by atoms with E-state index in [1.807, 2.05) is 0 Å². The van der Waals surface area contributed by atoms with Crippen LogP contribution in [0.3, 0.4) is 0 Å². The molecular formula is C8H13N3O6S3. The van der Waals surface area contributed by atoms with Crippen LogP contribution in [0.5, 0.6) is 0 Å². The van der Waals surface area contributed by atoms with Crippen molar-refractivity contribution in [1.82, 2.24) is 9.44 Å². The number of benzene rings is 1. The first-order valence-electron chi connectivity index (χ1n) is 4.98. The number of hydrogen-bond acceptors (Lipinski definition) is 6. The average Bonchev–Trinajstić information content (AvgIpc) is 2.26. The van der Waals surface area contributed by atoms with Crippen LogP contribution in [0.4, 0.5) is 0 Å². The zero-order chi connectivity index (χ0) is 15.6. The second kappa shape index (κ2) is 5.75. The van der Waals surface area contributed by atoms with Crippen LogP contribution in [0.15, 0.2) is 35.2 Å². The zero-order valence-electron chi connectivity index (χ0n) is 10.2. The van der Waals surface area contributed by atoms with Crippen LogP contribution >= 0.6 is 0 Å². The van der Waals surface area contributed by atoms with Crippen molar-refractivity contribution in [2.75, 3.05) is 6.26 Å². The smallest absolute Gasteiger partial charge is 0.226 e. The Morgan fingerprint density at radius 2 is 1.45 bits per heavy atom. The summed E-state index contributed by atoms with van der Waals surface area (Å²) in [4.78, 5) is -0.232. The third kappa shape index (κ3) is 5.15. The van der Waals surface area contributed by atoms with Crippen molar-refractivity contribution in [3.05, 3.63) is 30.3 Å². The van der Waals surface area contributed by atoms with Crippen molar-refractivity contribution in [2.24, 2.45) is 5.14 Å². The van der Waals surface area contributed by atoms with Crippen LogP contribution in [0, 0.1) is 0 Å². The second-order valence-corrected chi connectivity index (χ2v) is 8.94. The number of primary sulfonamides is 1. The molecule has 4 N–H and O–H groups in total. The molecule has 0 aliphatic carbocycles. The number of rotatable bonds is 6. The lowest BCUT2D eigenvalue weighted by molar-refractivity contribution is 0.537. The summed E-state index contributed by atoms with van der Waals surface area (Å²) in [6.45, 7) is 0. The molecule has 9 nitrogen and oxygen atoms in total. The second-order valence-electron chi connectivity index (χ2n) is 3.79. The Balaban J connectivity index is 3.15. The van der Waals surface area contributed by atoms with E-state index in [1.54, 1.807) is 15.5 Å². The van der Waals surface area contributed by atoms with Crippen molar-refractivity contribution in [3.8, 4) is 0 Å². The quantitative estimate of drug-likeness (QED) is 0.512. The summed E-state index contributed by atoms with van der Waals surface area (Å²) in [6.07, 6.45) is 0.669. The summed E-state index contributed by atoms with van der Waals surface area (Å²) in [5.41, 5.74) is -2.19. The lowest BCUT2D eigenvalue weighted by atomic mass is 10.4. The molecule has 0 saturated carbocycles. The fourth-order valence-electron chi connectivity index (χ4n) is 1.16. The van der Waals surface area contributed by atoms with E-state index in [-0.39, 0.29) is 4.90 Å². The first-order chi connectivity index (χ1) is 8.92. The van der Waals surface area contributed by atoms with Gasteiger partial charge in [-0.3, -0.25) is 0 Å². The summed E-state index contributed by atoms with van der Waals surface area (Å²) < 4.78 is 71.7. The van der Waals surface area contributed by atoms with E-state index in [1.165, 1.54) is 24.3 Å². The van der Waals surface area contributed by atoms with Gasteiger partial charge < -0.3 is 0 Å². The lowest BCUT2D eigenvalue weighted by Crippen LogP contribution is -2.54. The molecule has 0 aliphatic rings. The number of nitrogens with two attached hydrogens (primary N) is 1. The van der Waals surface area contributed by atoms with E-state index in [2.05, 4.69) is 0 Å². The Labute approximate surface area is 117 Å². The molecule has 1 unspecified atom stereocenters. The molecule has 0 aromatic heterocycles. The third-order valence-corrected chi connectivity index (χ3v) is 5.26. The van der Waals surface area contributed by atoms with Gasteiger partial charge in [-0.1, -0.05) is 18.2 Å². The largest absolute Gasteiger partial charge is 0.242 e. The molecular weight excluding hydrogens is 330 g/mol. The summed E-state index contributed by atoms with van der Waals surface area (Å²) >= 11 is 0. The van der Waals surface area contributed by atoms with Gasteiger partial charge in [-0.2, -0.15) is 9.44 Å². The van der Waals surface area contributed by atoms with Crippen molar-refractivity contribution in [1.29, 1.82) is 0 Å². The zero-order valence-corrected chi connectivity index (χ0v) is 12.7. The van der Waals surface area contributed by atoms with Crippen LogP contribution in [-0.4, -0.2) is 37.0 Å². The van der Waals surface area contributed by atoms with Crippen molar-refractivity contribution < 1.29 is 25.3 Å². The van der Waals surface area contributed by atoms with Gasteiger partial charge in [0.2, 0.25) is 35.6 Å². The van der Waals surface area contributed by atoms with Gasteiger partial charge in [0.05, 0.1) is 11.2 Å². The molecule has 0 aliphatic heterocycles. The van der Waals surface area contributed by atoms with E-state index < -0.39 is 35.6 Å². The van der Waals surface area contributed by atoms with Gasteiger partial charge in [-0.15, -0.1) is 0 Å². The SMILES string of the molecule is CS(=O)(=O)NC(NS(=O)(=O)c1ccccc1)S(N)(=O)=O. The van der Waals surface area contributed by atoms with Gasteiger partial charge in [0.1, 0.15) is 0 Å². The van der Waals surface area contributed by atoms with E-state index in [4.69, 9.17) is 5.14 Å². The van der Waals surface area contributed by atoms with Gasteiger partial charge >= 0.3 is 0 Å². The first-order valence-corrected chi connectivity index (χ1v) is 9.96. The number of nitrogens with one attached hydrogen (secondary N) is 2. The first kappa shape index (κ1) is 17.0. The molecule has 20 heavy (non-hydrogen) atoms. The normalized spacial score (nSPS) is 14.9. The topological polar surface area (TPSA) is 152 Å². The molecule has 0 saturated heterocycles. The maximum Gasteiger partial charge on any atom is 0.242 e. The molecule has 0 fully saturated rings. The Morgan fingerprint density at radius 1 is 0.950 bits per heavy atom. The minimum atomic E-state index is -4.52. The van der Waals surface area contributed by atoms with Gasteiger partial charge in [0.25, 0.3) is 0 Å². The minimum Gasteiger partial charge on any atom is -0.226 e. The highest BCUT2D eigenvalue weighted by molar-refractivity contribution is 7.94. The fourth-order valence-corrected chi connectivity index (χ4v) is 4.65. The average molecular weight is 343 g/mol. The molecule has 0 spiro atoms. The molecule has 114 valence electrons. The molecule has 1 aromatic rings. The van der Waals surface area contributed by atoms with Crippen molar-refractivity contribution >= 4 is 30.1 Å². The van der Waals surface area contributed by atoms with Gasteiger partial charge in [-0.25, -0.2) is 30.4 Å². The molecule has 0 bridgehead atoms. The lowest BCUT2D eigenvalue weighted by Gasteiger charge is -2.17. The van der Waals surface area contributed by atoms with Crippen molar-refractivity contribution in [3.63, 3.8) is 0 Å². The van der Waals surface area contributed by atoms with Crippen LogP contribution in [0.1, 0.15) is 0 Å². The van der Waals surface area contributed by atoms with Gasteiger partial charge in [0.15, 0.2) is 0 Å². The highest BCUT2D eigenvalue weighted by Gasteiger charge is 2.30. The monoisotopic (exact) mass is 343 g/mol. The predicted molar refractivity (Wildman–Crippen MR) is 71.6 cm³/mol. The molecule has 1 rings (SSSR count). The van der Waals surface area contributed by atoms with E-state index in [0.717, 1.165) is 0 Å². The van der Waals surface area contributed by atoms with E-state index in [0.29, 0.717) is 6.26 Å². The number of hydrogen-bond donors (Lipinski definition) is 3. The Bertz CT molecular complexity index is 770. The van der Waals surface area contributed by atoms with Gasteiger partial charge in [0, 0.05) is 0 Å². The summed E-state index contributed by atoms with van der Waals surface area (Å²) in [5, 5.41) is 4.79. The van der Waals surface area contributed by atoms with Crippen LogP contribution < -0.4 is 14.6 Å². The maximum atomic E-state index is 11.9. The van der Waals surface area contributed by atoms with Crippen LogP contribution in [0.25, 0.3) is 0 Å². The molecule has 1 atom stereocenters. The minimum absolute atomic E-state index is 0.232. The van der Waals surface area contributed by atoms with E-state index in [9.17, 15) is 25.3 Å². The Hall–Kier alpha value is -1.05. The molecule has 0 radical (unpaired) electrons. The highest BCUT2D eigenvalue weighted by Crippen LogP contribution is 2.08.